The first-order valence-electron chi connectivity index (χ1n) is 6.28. The molecule has 1 fully saturated rings. The lowest BCUT2D eigenvalue weighted by molar-refractivity contribution is 0.0681. The summed E-state index contributed by atoms with van der Waals surface area (Å²) < 4.78 is 0. The third kappa shape index (κ3) is 2.86. The van der Waals surface area contributed by atoms with Gasteiger partial charge in [0.2, 0.25) is 0 Å². The summed E-state index contributed by atoms with van der Waals surface area (Å²) in [6.45, 7) is 3.72. The molecule has 92 valence electrons. The Labute approximate surface area is 103 Å². The molecule has 1 unspecified atom stereocenters. The number of rotatable bonds is 2. The Morgan fingerprint density at radius 1 is 1.29 bits per heavy atom. The van der Waals surface area contributed by atoms with E-state index in [4.69, 9.17) is 5.73 Å². The van der Waals surface area contributed by atoms with Gasteiger partial charge in [0.25, 0.3) is 5.91 Å². The zero-order chi connectivity index (χ0) is 12.3. The number of hydrogen-bond acceptors (Lipinski definition) is 2. The molecule has 0 radical (unpaired) electrons. The zero-order valence-corrected chi connectivity index (χ0v) is 10.3. The van der Waals surface area contributed by atoms with Gasteiger partial charge in [-0.05, 0) is 37.8 Å². The van der Waals surface area contributed by atoms with E-state index in [0.717, 1.165) is 31.5 Å². The van der Waals surface area contributed by atoms with Crippen molar-refractivity contribution in [3.8, 4) is 0 Å². The highest BCUT2D eigenvalue weighted by atomic mass is 16.2. The number of benzene rings is 1. The van der Waals surface area contributed by atoms with E-state index in [1.165, 1.54) is 0 Å². The Bertz CT molecular complexity index is 367. The lowest BCUT2D eigenvalue weighted by Crippen LogP contribution is -2.42. The molecule has 1 amide bonds. The van der Waals surface area contributed by atoms with Crippen LogP contribution in [0.1, 0.15) is 30.1 Å². The van der Waals surface area contributed by atoms with Crippen LogP contribution in [0.15, 0.2) is 30.3 Å². The highest BCUT2D eigenvalue weighted by molar-refractivity contribution is 5.94. The number of hydrogen-bond donors (Lipinski definition) is 1. The number of nitrogens with zero attached hydrogens (tertiary/aromatic N) is 1. The lowest BCUT2D eigenvalue weighted by Gasteiger charge is -2.33. The first-order chi connectivity index (χ1) is 8.18. The van der Waals surface area contributed by atoms with Crippen LogP contribution in [0.25, 0.3) is 0 Å². The Kier molecular flexibility index (Phi) is 3.79. The Hall–Kier alpha value is -1.35. The second kappa shape index (κ2) is 5.32. The molecule has 0 bridgehead atoms. The van der Waals surface area contributed by atoms with E-state index < -0.39 is 0 Å². The molecule has 1 aromatic rings. The average molecular weight is 232 g/mol. The fourth-order valence-corrected chi connectivity index (χ4v) is 2.39. The molecule has 1 aromatic carbocycles. The topological polar surface area (TPSA) is 46.3 Å². The molecule has 1 saturated heterocycles. The molecular formula is C14H20N2O. The molecule has 1 aliphatic rings. The molecule has 3 nitrogen and oxygen atoms in total. The number of amides is 1. The largest absolute Gasteiger partial charge is 0.339 e. The van der Waals surface area contributed by atoms with Crippen LogP contribution in [-0.2, 0) is 0 Å². The van der Waals surface area contributed by atoms with Crippen LogP contribution in [0.4, 0.5) is 0 Å². The van der Waals surface area contributed by atoms with Crippen molar-refractivity contribution in [2.75, 3.05) is 13.1 Å². The summed E-state index contributed by atoms with van der Waals surface area (Å²) in [5.74, 6) is 0.712. The van der Waals surface area contributed by atoms with Crippen LogP contribution < -0.4 is 5.73 Å². The highest BCUT2D eigenvalue weighted by Crippen LogP contribution is 2.20. The molecule has 0 aliphatic carbocycles. The van der Waals surface area contributed by atoms with E-state index in [1.807, 2.05) is 35.2 Å². The third-order valence-corrected chi connectivity index (χ3v) is 3.59. The van der Waals surface area contributed by atoms with Gasteiger partial charge in [0, 0.05) is 24.7 Å². The summed E-state index contributed by atoms with van der Waals surface area (Å²) in [5, 5.41) is 0. The van der Waals surface area contributed by atoms with Gasteiger partial charge in [-0.15, -0.1) is 0 Å². The van der Waals surface area contributed by atoms with Crippen LogP contribution >= 0.6 is 0 Å². The molecule has 1 heterocycles. The first kappa shape index (κ1) is 12.1. The SMILES string of the molecule is CC(N)C1CCN(C(=O)c2ccccc2)CC1. The second-order valence-corrected chi connectivity index (χ2v) is 4.85. The molecule has 3 heteroatoms. The minimum Gasteiger partial charge on any atom is -0.339 e. The summed E-state index contributed by atoms with van der Waals surface area (Å²) in [4.78, 5) is 14.1. The van der Waals surface area contributed by atoms with E-state index in [9.17, 15) is 4.79 Å². The standard InChI is InChI=1S/C14H20N2O/c1-11(15)12-7-9-16(10-8-12)14(17)13-5-3-2-4-6-13/h2-6,11-12H,7-10,15H2,1H3. The first-order valence-corrected chi connectivity index (χ1v) is 6.28. The van der Waals surface area contributed by atoms with Crippen molar-refractivity contribution in [1.82, 2.24) is 4.90 Å². The maximum atomic E-state index is 12.2. The second-order valence-electron chi connectivity index (χ2n) is 4.85. The van der Waals surface area contributed by atoms with Gasteiger partial charge >= 0.3 is 0 Å². The number of likely N-dealkylation sites (tertiary alicyclic amines) is 1. The fourth-order valence-electron chi connectivity index (χ4n) is 2.39. The van der Waals surface area contributed by atoms with E-state index in [-0.39, 0.29) is 11.9 Å². The van der Waals surface area contributed by atoms with Crippen LogP contribution in [0.3, 0.4) is 0 Å². The number of carbonyl (C=O) groups is 1. The number of nitrogens with two attached hydrogens (primary N) is 1. The molecule has 0 aromatic heterocycles. The van der Waals surface area contributed by atoms with Crippen molar-refractivity contribution in [3.63, 3.8) is 0 Å². The van der Waals surface area contributed by atoms with Crippen LogP contribution in [0.2, 0.25) is 0 Å². The number of carbonyl (C=O) groups excluding carboxylic acids is 1. The monoisotopic (exact) mass is 232 g/mol. The van der Waals surface area contributed by atoms with Crippen molar-refractivity contribution in [2.45, 2.75) is 25.8 Å². The van der Waals surface area contributed by atoms with E-state index in [1.54, 1.807) is 0 Å². The summed E-state index contributed by atoms with van der Waals surface area (Å²) in [6, 6.07) is 9.73. The molecule has 1 aliphatic heterocycles. The Morgan fingerprint density at radius 3 is 2.41 bits per heavy atom. The maximum Gasteiger partial charge on any atom is 0.253 e. The molecule has 2 N–H and O–H groups in total. The van der Waals surface area contributed by atoms with E-state index in [0.29, 0.717) is 5.92 Å². The normalized spacial score (nSPS) is 19.1. The van der Waals surface area contributed by atoms with Crippen molar-refractivity contribution in [3.05, 3.63) is 35.9 Å². The fraction of sp³-hybridized carbons (Fsp3) is 0.500. The van der Waals surface area contributed by atoms with E-state index in [2.05, 4.69) is 6.92 Å². The van der Waals surface area contributed by atoms with Crippen molar-refractivity contribution >= 4 is 5.91 Å². The molecule has 1 atom stereocenters. The van der Waals surface area contributed by atoms with Crippen LogP contribution in [-0.4, -0.2) is 29.9 Å². The van der Waals surface area contributed by atoms with E-state index >= 15 is 0 Å². The minimum atomic E-state index is 0.147. The Morgan fingerprint density at radius 2 is 1.88 bits per heavy atom. The van der Waals surface area contributed by atoms with Crippen molar-refractivity contribution in [1.29, 1.82) is 0 Å². The van der Waals surface area contributed by atoms with Crippen molar-refractivity contribution < 1.29 is 4.79 Å². The van der Waals surface area contributed by atoms with Gasteiger partial charge in [-0.1, -0.05) is 18.2 Å². The maximum absolute atomic E-state index is 12.2. The van der Waals surface area contributed by atoms with Gasteiger partial charge < -0.3 is 10.6 Å². The van der Waals surface area contributed by atoms with Gasteiger partial charge in [0.05, 0.1) is 0 Å². The van der Waals surface area contributed by atoms with Crippen LogP contribution in [0.5, 0.6) is 0 Å². The van der Waals surface area contributed by atoms with Gasteiger partial charge in [-0.2, -0.15) is 0 Å². The van der Waals surface area contributed by atoms with Gasteiger partial charge in [-0.3, -0.25) is 4.79 Å². The Balaban J connectivity index is 1.95. The molecule has 0 spiro atoms. The summed E-state index contributed by atoms with van der Waals surface area (Å²) in [5.41, 5.74) is 6.68. The summed E-state index contributed by atoms with van der Waals surface area (Å²) >= 11 is 0. The quantitative estimate of drug-likeness (QED) is 0.846. The predicted molar refractivity (Wildman–Crippen MR) is 68.7 cm³/mol. The van der Waals surface area contributed by atoms with Gasteiger partial charge in [-0.25, -0.2) is 0 Å². The average Bonchev–Trinajstić information content (AvgIpc) is 2.39. The molecule has 2 rings (SSSR count). The molecule has 0 saturated carbocycles. The lowest BCUT2D eigenvalue weighted by atomic mass is 9.90. The van der Waals surface area contributed by atoms with Crippen molar-refractivity contribution in [2.24, 2.45) is 11.7 Å². The zero-order valence-electron chi connectivity index (χ0n) is 10.3. The molecule has 17 heavy (non-hydrogen) atoms. The van der Waals surface area contributed by atoms with Crippen LogP contribution in [0, 0.1) is 5.92 Å². The number of piperidine rings is 1. The predicted octanol–water partition coefficient (Wildman–Crippen LogP) is 1.89. The molecular weight excluding hydrogens is 212 g/mol. The summed E-state index contributed by atoms with van der Waals surface area (Å²) in [7, 11) is 0. The summed E-state index contributed by atoms with van der Waals surface area (Å²) in [6.07, 6.45) is 2.05. The minimum absolute atomic E-state index is 0.147. The smallest absolute Gasteiger partial charge is 0.253 e. The third-order valence-electron chi connectivity index (χ3n) is 3.59. The van der Waals surface area contributed by atoms with Gasteiger partial charge in [0.15, 0.2) is 0 Å². The highest BCUT2D eigenvalue weighted by Gasteiger charge is 2.25. The van der Waals surface area contributed by atoms with Gasteiger partial charge in [0.1, 0.15) is 0 Å².